The number of hydrogen-bond donors (Lipinski definition) is 0. The Labute approximate surface area is 540 Å². The van der Waals surface area contributed by atoms with Crippen LogP contribution in [0.3, 0.4) is 0 Å². The van der Waals surface area contributed by atoms with Crippen molar-refractivity contribution in [3.05, 3.63) is 271 Å². The molecule has 0 amide bonds. The van der Waals surface area contributed by atoms with Crippen LogP contribution in [0.25, 0.3) is 145 Å². The van der Waals surface area contributed by atoms with Crippen molar-refractivity contribution in [1.29, 1.82) is 0 Å². The van der Waals surface area contributed by atoms with Crippen LogP contribution in [0.2, 0.25) is 10.6 Å². The van der Waals surface area contributed by atoms with Crippen molar-refractivity contribution in [2.24, 2.45) is 0 Å². The molecule has 92 heavy (non-hydrogen) atoms. The Hall–Kier alpha value is -10.6. The summed E-state index contributed by atoms with van der Waals surface area (Å²) in [6.07, 6.45) is 0. The molecule has 0 spiro atoms. The zero-order valence-electron chi connectivity index (χ0n) is 50.4. The van der Waals surface area contributed by atoms with E-state index in [2.05, 4.69) is 176 Å². The van der Waals surface area contributed by atoms with Gasteiger partial charge in [-0.15, -0.1) is 0 Å². The molecule has 1 aliphatic rings. The third-order valence-electron chi connectivity index (χ3n) is 17.1. The predicted molar refractivity (Wildman–Crippen MR) is 372 cm³/mol. The fourth-order valence-corrected chi connectivity index (χ4v) is 12.2. The summed E-state index contributed by atoms with van der Waals surface area (Å²) in [5.74, 6) is 2.34. The van der Waals surface area contributed by atoms with Gasteiger partial charge in [0.05, 0.1) is 11.2 Å². The minimum Gasteiger partial charge on any atom is -0.456 e. The molecule has 1 fully saturated rings. The second kappa shape index (κ2) is 24.0. The third kappa shape index (κ3) is 11.1. The number of aromatic nitrogens is 6. The molecule has 14 heteroatoms. The molecular weight excluding hydrogens is 1180 g/mol. The lowest BCUT2D eigenvalue weighted by Gasteiger charge is -2.32. The van der Waals surface area contributed by atoms with E-state index >= 15 is 0 Å². The van der Waals surface area contributed by atoms with Gasteiger partial charge in [-0.2, -0.15) is 15.0 Å². The van der Waals surface area contributed by atoms with Crippen LogP contribution in [-0.4, -0.2) is 48.2 Å². The number of hydrogen-bond acceptors (Lipinski definition) is 11. The Morgan fingerprint density at radius 3 is 1.10 bits per heavy atom. The molecule has 0 bridgehead atoms. The molecule has 1 saturated heterocycles. The van der Waals surface area contributed by atoms with Crippen LogP contribution < -0.4 is 5.46 Å². The van der Waals surface area contributed by atoms with Gasteiger partial charge in [-0.3, -0.25) is 0 Å². The number of furan rings is 3. The van der Waals surface area contributed by atoms with Crippen LogP contribution in [0.4, 0.5) is 0 Å². The largest absolute Gasteiger partial charge is 0.494 e. The van der Waals surface area contributed by atoms with Crippen molar-refractivity contribution < 1.29 is 22.6 Å². The zero-order valence-corrected chi connectivity index (χ0v) is 51.9. The summed E-state index contributed by atoms with van der Waals surface area (Å²) < 4.78 is 30.8. The van der Waals surface area contributed by atoms with Crippen molar-refractivity contribution in [3.8, 4) is 78.9 Å². The molecule has 5 aromatic heterocycles. The Balaban J connectivity index is 0.000000139. The van der Waals surface area contributed by atoms with E-state index in [9.17, 15) is 0 Å². The van der Waals surface area contributed by atoms with Crippen LogP contribution in [0.1, 0.15) is 27.7 Å². The quantitative estimate of drug-likeness (QED) is 0.135. The van der Waals surface area contributed by atoms with E-state index in [-0.39, 0.29) is 28.9 Å². The first-order chi connectivity index (χ1) is 44.9. The van der Waals surface area contributed by atoms with Gasteiger partial charge in [0, 0.05) is 60.1 Å². The molecule has 0 saturated carbocycles. The van der Waals surface area contributed by atoms with Crippen molar-refractivity contribution in [1.82, 2.24) is 29.9 Å². The number of fused-ring (bicyclic) bond motifs is 9. The van der Waals surface area contributed by atoms with E-state index in [0.717, 1.165) is 127 Å². The Morgan fingerprint density at radius 1 is 0.283 bits per heavy atom. The van der Waals surface area contributed by atoms with E-state index in [4.69, 9.17) is 60.7 Å². The van der Waals surface area contributed by atoms with Gasteiger partial charge in [-0.1, -0.05) is 231 Å². The SMILES string of the molecule is CC1(C)OB(c2ccc(-c3cccc4c3oc3ccccc34)cc2)OC1(C)C.Clc1nc(Cl)nc(-c2ccccc2)n1.c1ccc(-c2nc(-c3ccc(-c4cccc5oc6ccccc6c45)cc3)nc(-c3ccc(-c4cccc5oc6ccccc6c45)cc3)n2)cc1. The molecule has 16 aromatic rings. The van der Waals surface area contributed by atoms with Gasteiger partial charge in [-0.25, -0.2) is 15.0 Å². The molecule has 0 aliphatic carbocycles. The highest BCUT2D eigenvalue weighted by molar-refractivity contribution is 6.62. The number of rotatable bonds is 8. The first kappa shape index (κ1) is 57.8. The van der Waals surface area contributed by atoms with Gasteiger partial charge in [0.2, 0.25) is 10.6 Å². The van der Waals surface area contributed by atoms with Crippen LogP contribution in [0.5, 0.6) is 0 Å². The summed E-state index contributed by atoms with van der Waals surface area (Å²) in [4.78, 5) is 26.5. The highest BCUT2D eigenvalue weighted by Crippen LogP contribution is 2.41. The summed E-state index contributed by atoms with van der Waals surface area (Å²) in [7, 11) is -0.346. The van der Waals surface area contributed by atoms with Crippen LogP contribution in [0, 0.1) is 0 Å². The molecule has 0 N–H and O–H groups in total. The molecule has 11 nitrogen and oxygen atoms in total. The van der Waals surface area contributed by atoms with Gasteiger partial charge >= 0.3 is 7.12 Å². The molecule has 0 unspecified atom stereocenters. The average molecular weight is 1240 g/mol. The fourth-order valence-electron chi connectivity index (χ4n) is 11.8. The van der Waals surface area contributed by atoms with E-state index in [1.165, 1.54) is 0 Å². The maximum absolute atomic E-state index is 6.17. The van der Waals surface area contributed by atoms with Gasteiger partial charge < -0.3 is 22.6 Å². The van der Waals surface area contributed by atoms with Crippen LogP contribution >= 0.6 is 23.2 Å². The highest BCUT2D eigenvalue weighted by Gasteiger charge is 2.51. The van der Waals surface area contributed by atoms with E-state index in [0.29, 0.717) is 23.3 Å². The number of para-hydroxylation sites is 4. The first-order valence-electron chi connectivity index (χ1n) is 30.2. The molecule has 0 radical (unpaired) electrons. The fraction of sp³-hybridized carbons (Fsp3) is 0.0769. The van der Waals surface area contributed by atoms with Crippen LogP contribution in [0.15, 0.2) is 274 Å². The molecule has 11 aromatic carbocycles. The lowest BCUT2D eigenvalue weighted by atomic mass is 9.78. The standard InChI is InChI=1S/C45H27N3O2.C24H23BO3.C9H5Cl2N3/c1-2-10-30(11-3-1)43-46-44(31-24-20-28(21-25-31)33-14-8-18-39-41(33)35-12-4-6-16-37(35)49-39)48-45(47-43)32-26-22-29(23-27-32)34-15-9-19-40-42(34)36-13-5-7-17-38(36)50-40;1-23(2)24(3,4)28-25(27-23)17-14-12-16(13-15-17)18-9-7-10-20-19-8-5-6-11-21(19)26-22(18)20;10-8-12-7(13-9(11)14-8)6-4-2-1-3-5-6/h1-27H;5-15H,1-4H3;1-5H. The lowest BCUT2D eigenvalue weighted by molar-refractivity contribution is 0.00578. The molecule has 444 valence electrons. The Bertz CT molecular complexity index is 5180. The highest BCUT2D eigenvalue weighted by atomic mass is 35.5. The van der Waals surface area contributed by atoms with Crippen molar-refractivity contribution in [2.75, 3.05) is 0 Å². The summed E-state index contributed by atoms with van der Waals surface area (Å²) in [5, 5.41) is 6.94. The topological polar surface area (TPSA) is 135 Å². The predicted octanol–water partition coefficient (Wildman–Crippen LogP) is 20.4. The van der Waals surface area contributed by atoms with Crippen molar-refractivity contribution >= 4 is 102 Å². The second-order valence-electron chi connectivity index (χ2n) is 23.4. The smallest absolute Gasteiger partial charge is 0.456 e. The monoisotopic (exact) mass is 1240 g/mol. The zero-order chi connectivity index (χ0) is 62.5. The summed E-state index contributed by atoms with van der Waals surface area (Å²) in [5.41, 5.74) is 16.0. The summed E-state index contributed by atoms with van der Waals surface area (Å²) in [6.45, 7) is 8.29. The van der Waals surface area contributed by atoms with Crippen LogP contribution in [-0.2, 0) is 9.31 Å². The third-order valence-corrected chi connectivity index (χ3v) is 17.5. The normalized spacial score (nSPS) is 13.4. The second-order valence-corrected chi connectivity index (χ2v) is 24.1. The molecule has 17 rings (SSSR count). The first-order valence-corrected chi connectivity index (χ1v) is 31.0. The molecule has 0 atom stereocenters. The minimum atomic E-state index is -0.346. The summed E-state index contributed by atoms with van der Waals surface area (Å²) >= 11 is 11.3. The maximum Gasteiger partial charge on any atom is 0.494 e. The van der Waals surface area contributed by atoms with Gasteiger partial charge in [0.15, 0.2) is 23.3 Å². The number of nitrogens with zero attached hydrogens (tertiary/aromatic N) is 6. The average Bonchev–Trinajstić information content (AvgIpc) is 1.75. The van der Waals surface area contributed by atoms with Crippen molar-refractivity contribution in [3.63, 3.8) is 0 Å². The van der Waals surface area contributed by atoms with E-state index in [1.807, 2.05) is 127 Å². The molecule has 1 aliphatic heterocycles. The lowest BCUT2D eigenvalue weighted by Crippen LogP contribution is -2.41. The van der Waals surface area contributed by atoms with Gasteiger partial charge in [0.25, 0.3) is 0 Å². The maximum atomic E-state index is 6.17. The van der Waals surface area contributed by atoms with Gasteiger partial charge in [-0.05, 0) is 115 Å². The Kier molecular flexibility index (Phi) is 15.1. The minimum absolute atomic E-state index is 0.101. The van der Waals surface area contributed by atoms with Gasteiger partial charge in [0.1, 0.15) is 33.5 Å². The van der Waals surface area contributed by atoms with E-state index < -0.39 is 0 Å². The number of halogens is 2. The van der Waals surface area contributed by atoms with E-state index in [1.54, 1.807) is 0 Å². The molecule has 6 heterocycles. The summed E-state index contributed by atoms with van der Waals surface area (Å²) in [6, 6.07) is 88.0. The molecular formula is C78H55BCl2N6O5. The van der Waals surface area contributed by atoms with Crippen molar-refractivity contribution in [2.45, 2.75) is 38.9 Å². The Morgan fingerprint density at radius 2 is 0.620 bits per heavy atom. The number of benzene rings is 11.